The molecule has 0 heterocycles. The smallest absolute Gasteiger partial charge is 0.269 e. The van der Waals surface area contributed by atoms with Gasteiger partial charge in [0.05, 0.1) is 17.0 Å². The van der Waals surface area contributed by atoms with Crippen molar-refractivity contribution in [2.24, 2.45) is 11.7 Å². The largest absolute Gasteiger partial charge is 0.338 e. The molecule has 0 bridgehead atoms. The van der Waals surface area contributed by atoms with Gasteiger partial charge in [-0.15, -0.1) is 0 Å². The second-order valence-electron chi connectivity index (χ2n) is 5.25. The van der Waals surface area contributed by atoms with Crippen LogP contribution < -0.4 is 5.73 Å². The molecule has 0 spiro atoms. The molecule has 6 nitrogen and oxygen atoms in total. The summed E-state index contributed by atoms with van der Waals surface area (Å²) in [6, 6.07) is 5.45. The Balaban J connectivity index is 2.94. The van der Waals surface area contributed by atoms with Crippen molar-refractivity contribution in [3.8, 4) is 0 Å². The third kappa shape index (κ3) is 3.54. The van der Waals surface area contributed by atoms with Gasteiger partial charge in [-0.25, -0.2) is 0 Å². The van der Waals surface area contributed by atoms with Gasteiger partial charge in [0.15, 0.2) is 0 Å². The lowest BCUT2D eigenvalue weighted by molar-refractivity contribution is -0.384. The minimum Gasteiger partial charge on any atom is -0.338 e. The molecule has 1 aromatic carbocycles. The van der Waals surface area contributed by atoms with E-state index in [1.54, 1.807) is 19.2 Å². The van der Waals surface area contributed by atoms with Crippen LogP contribution in [0.4, 0.5) is 5.69 Å². The number of amides is 1. The first-order chi connectivity index (χ1) is 9.25. The average Bonchev–Trinajstić information content (AvgIpc) is 2.43. The summed E-state index contributed by atoms with van der Waals surface area (Å²) in [7, 11) is 1.66. The van der Waals surface area contributed by atoms with Crippen LogP contribution in [0.25, 0.3) is 0 Å². The number of hydrogen-bond acceptors (Lipinski definition) is 4. The van der Waals surface area contributed by atoms with Gasteiger partial charge < -0.3 is 10.6 Å². The third-order valence-corrected chi connectivity index (χ3v) is 3.50. The minimum absolute atomic E-state index is 0.0170. The molecule has 0 saturated heterocycles. The Kier molecular flexibility index (Phi) is 5.21. The molecular formula is C14H21N3O3. The number of nitro groups is 1. The molecule has 0 aliphatic carbocycles. The Bertz CT molecular complexity index is 502. The summed E-state index contributed by atoms with van der Waals surface area (Å²) >= 11 is 0. The topological polar surface area (TPSA) is 89.5 Å². The van der Waals surface area contributed by atoms with E-state index in [1.807, 2.05) is 20.8 Å². The van der Waals surface area contributed by atoms with Crippen LogP contribution in [0.3, 0.4) is 0 Å². The normalized spacial score (nSPS) is 13.9. The first-order valence-corrected chi connectivity index (χ1v) is 6.52. The maximum atomic E-state index is 12.2. The highest BCUT2D eigenvalue weighted by Gasteiger charge is 2.25. The monoisotopic (exact) mass is 279 g/mol. The fourth-order valence-electron chi connectivity index (χ4n) is 1.83. The number of nitrogens with zero attached hydrogens (tertiary/aromatic N) is 2. The minimum atomic E-state index is -0.568. The zero-order valence-electron chi connectivity index (χ0n) is 12.2. The first kappa shape index (κ1) is 16.1. The number of carbonyl (C=O) groups is 1. The molecule has 2 unspecified atom stereocenters. The van der Waals surface area contributed by atoms with E-state index in [0.717, 1.165) is 0 Å². The molecule has 2 atom stereocenters. The van der Waals surface area contributed by atoms with E-state index in [1.165, 1.54) is 17.0 Å². The second-order valence-corrected chi connectivity index (χ2v) is 5.25. The second kappa shape index (κ2) is 6.47. The third-order valence-electron chi connectivity index (χ3n) is 3.50. The van der Waals surface area contributed by atoms with Gasteiger partial charge in [0.2, 0.25) is 5.91 Å². The van der Waals surface area contributed by atoms with Crippen molar-refractivity contribution < 1.29 is 9.72 Å². The molecule has 2 N–H and O–H groups in total. The predicted octanol–water partition coefficient (Wildman–Crippen LogP) is 2.10. The van der Waals surface area contributed by atoms with Crippen molar-refractivity contribution in [2.75, 3.05) is 7.05 Å². The molecule has 0 saturated carbocycles. The number of carbonyl (C=O) groups excluding carboxylic acids is 1. The van der Waals surface area contributed by atoms with Crippen LogP contribution in [0, 0.1) is 16.0 Å². The van der Waals surface area contributed by atoms with E-state index in [0.29, 0.717) is 5.56 Å². The van der Waals surface area contributed by atoms with Crippen molar-refractivity contribution in [2.45, 2.75) is 32.9 Å². The molecule has 0 fully saturated rings. The summed E-state index contributed by atoms with van der Waals surface area (Å²) in [5, 5.41) is 10.8. The lowest BCUT2D eigenvalue weighted by atomic mass is 10.0. The number of rotatable bonds is 5. The van der Waals surface area contributed by atoms with E-state index in [2.05, 4.69) is 0 Å². The van der Waals surface area contributed by atoms with Crippen LogP contribution in [0.5, 0.6) is 0 Å². The zero-order chi connectivity index (χ0) is 15.4. The summed E-state index contributed by atoms with van der Waals surface area (Å²) in [5.41, 5.74) is 6.59. The standard InChI is InChI=1S/C14H21N3O3/c1-9(2)13(15)14(18)16(4)10(3)11-6-5-7-12(8-11)17(19)20/h5-10,13H,15H2,1-4H3. The lowest BCUT2D eigenvalue weighted by Crippen LogP contribution is -2.45. The molecular weight excluding hydrogens is 258 g/mol. The number of benzene rings is 1. The van der Waals surface area contributed by atoms with Crippen molar-refractivity contribution in [1.29, 1.82) is 0 Å². The van der Waals surface area contributed by atoms with Crippen molar-refractivity contribution >= 4 is 11.6 Å². The van der Waals surface area contributed by atoms with Crippen LogP contribution in [-0.2, 0) is 4.79 Å². The number of hydrogen-bond donors (Lipinski definition) is 1. The van der Waals surface area contributed by atoms with E-state index < -0.39 is 11.0 Å². The average molecular weight is 279 g/mol. The fraction of sp³-hybridized carbons (Fsp3) is 0.500. The Labute approximate surface area is 118 Å². The molecule has 20 heavy (non-hydrogen) atoms. The van der Waals surface area contributed by atoms with Crippen LogP contribution in [0.2, 0.25) is 0 Å². The van der Waals surface area contributed by atoms with Crippen LogP contribution in [-0.4, -0.2) is 28.8 Å². The van der Waals surface area contributed by atoms with Gasteiger partial charge in [0.25, 0.3) is 5.69 Å². The van der Waals surface area contributed by atoms with E-state index in [4.69, 9.17) is 5.73 Å². The number of nitro benzene ring substituents is 1. The van der Waals surface area contributed by atoms with Gasteiger partial charge in [0, 0.05) is 19.2 Å². The van der Waals surface area contributed by atoms with Gasteiger partial charge in [-0.1, -0.05) is 26.0 Å². The van der Waals surface area contributed by atoms with Crippen molar-refractivity contribution in [3.63, 3.8) is 0 Å². The van der Waals surface area contributed by atoms with E-state index in [9.17, 15) is 14.9 Å². The number of likely N-dealkylation sites (N-methyl/N-ethyl adjacent to an activating group) is 1. The Morgan fingerprint density at radius 2 is 1.95 bits per heavy atom. The summed E-state index contributed by atoms with van der Waals surface area (Å²) in [6.45, 7) is 5.59. The van der Waals surface area contributed by atoms with E-state index in [-0.39, 0.29) is 23.6 Å². The van der Waals surface area contributed by atoms with Gasteiger partial charge >= 0.3 is 0 Å². The molecule has 110 valence electrons. The maximum Gasteiger partial charge on any atom is 0.269 e. The van der Waals surface area contributed by atoms with Crippen LogP contribution in [0.15, 0.2) is 24.3 Å². The first-order valence-electron chi connectivity index (χ1n) is 6.52. The highest BCUT2D eigenvalue weighted by Crippen LogP contribution is 2.23. The number of nitrogens with two attached hydrogens (primary N) is 1. The Hall–Kier alpha value is -1.95. The highest BCUT2D eigenvalue weighted by atomic mass is 16.6. The molecule has 1 rings (SSSR count). The Morgan fingerprint density at radius 1 is 1.35 bits per heavy atom. The summed E-state index contributed by atoms with van der Waals surface area (Å²) in [4.78, 5) is 24.1. The highest BCUT2D eigenvalue weighted by molar-refractivity contribution is 5.82. The van der Waals surface area contributed by atoms with Gasteiger partial charge in [-0.2, -0.15) is 0 Å². The quantitative estimate of drug-likeness (QED) is 0.660. The lowest BCUT2D eigenvalue weighted by Gasteiger charge is -2.29. The molecule has 0 aromatic heterocycles. The van der Waals surface area contributed by atoms with Crippen molar-refractivity contribution in [1.82, 2.24) is 4.90 Å². The van der Waals surface area contributed by atoms with Gasteiger partial charge in [-0.3, -0.25) is 14.9 Å². The van der Waals surface area contributed by atoms with Gasteiger partial charge in [-0.05, 0) is 18.4 Å². The predicted molar refractivity (Wildman–Crippen MR) is 77.1 cm³/mol. The summed E-state index contributed by atoms with van der Waals surface area (Å²) in [5.74, 6) is -0.124. The summed E-state index contributed by atoms with van der Waals surface area (Å²) in [6.07, 6.45) is 0. The Morgan fingerprint density at radius 3 is 2.45 bits per heavy atom. The fourth-order valence-corrected chi connectivity index (χ4v) is 1.83. The zero-order valence-corrected chi connectivity index (χ0v) is 12.2. The molecule has 0 radical (unpaired) electrons. The number of non-ortho nitro benzene ring substituents is 1. The molecule has 0 aliphatic heterocycles. The van der Waals surface area contributed by atoms with Gasteiger partial charge in [0.1, 0.15) is 0 Å². The molecule has 1 amide bonds. The maximum absolute atomic E-state index is 12.2. The summed E-state index contributed by atoms with van der Waals surface area (Å²) < 4.78 is 0. The molecule has 6 heteroatoms. The molecule has 0 aliphatic rings. The van der Waals surface area contributed by atoms with E-state index >= 15 is 0 Å². The SMILES string of the molecule is CC(C)C(N)C(=O)N(C)C(C)c1cccc([N+](=O)[O-])c1. The van der Waals surface area contributed by atoms with Crippen LogP contribution >= 0.6 is 0 Å². The van der Waals surface area contributed by atoms with Crippen molar-refractivity contribution in [3.05, 3.63) is 39.9 Å². The van der Waals surface area contributed by atoms with Crippen LogP contribution in [0.1, 0.15) is 32.4 Å². The molecule has 1 aromatic rings.